The molecule has 2 saturated heterocycles. The number of benzene rings is 1. The summed E-state index contributed by atoms with van der Waals surface area (Å²) in [4.78, 5) is 29.7. The van der Waals surface area contributed by atoms with Gasteiger partial charge >= 0.3 is 13.2 Å². The van der Waals surface area contributed by atoms with Crippen LogP contribution in [-0.2, 0) is 16.0 Å². The lowest BCUT2D eigenvalue weighted by Gasteiger charge is -2.39. The summed E-state index contributed by atoms with van der Waals surface area (Å²) in [5.41, 5.74) is 0.724. The number of para-hydroxylation sites is 1. The lowest BCUT2D eigenvalue weighted by atomic mass is 9.76. The minimum absolute atomic E-state index is 0.0929. The van der Waals surface area contributed by atoms with Gasteiger partial charge in [0, 0.05) is 30.4 Å². The third kappa shape index (κ3) is 6.81. The largest absolute Gasteiger partial charge is 0.475 e. The summed E-state index contributed by atoms with van der Waals surface area (Å²) in [5, 5.41) is 33.1. The van der Waals surface area contributed by atoms with Crippen molar-refractivity contribution < 1.29 is 37.6 Å². The molecular weight excluding hydrogens is 561 g/mol. The van der Waals surface area contributed by atoms with Gasteiger partial charge in [-0.25, -0.2) is 13.6 Å². The molecule has 13 heteroatoms. The molecule has 1 saturated carbocycles. The number of fused-ring (bicyclic) bond motifs is 2. The van der Waals surface area contributed by atoms with Gasteiger partial charge < -0.3 is 29.4 Å². The second-order valence-electron chi connectivity index (χ2n) is 13.1. The van der Waals surface area contributed by atoms with Crippen LogP contribution in [0.15, 0.2) is 34.9 Å². The maximum Gasteiger partial charge on any atom is 0.475 e. The Labute approximate surface area is 250 Å². The Morgan fingerprint density at radius 1 is 1.33 bits per heavy atom. The van der Waals surface area contributed by atoms with Crippen LogP contribution in [0.25, 0.3) is 11.0 Å². The Bertz CT molecular complexity index is 1380. The van der Waals surface area contributed by atoms with E-state index in [0.29, 0.717) is 24.1 Å². The van der Waals surface area contributed by atoms with Crippen LogP contribution in [0.3, 0.4) is 0 Å². The van der Waals surface area contributed by atoms with E-state index in [1.165, 1.54) is 6.26 Å². The third-order valence-electron chi connectivity index (χ3n) is 9.46. The molecule has 0 radical (unpaired) electrons. The number of amides is 2. The van der Waals surface area contributed by atoms with E-state index in [4.69, 9.17) is 9.15 Å². The summed E-state index contributed by atoms with van der Waals surface area (Å²) in [5.74, 6) is -5.04. The van der Waals surface area contributed by atoms with Crippen molar-refractivity contribution in [2.45, 2.75) is 69.9 Å². The van der Waals surface area contributed by atoms with Gasteiger partial charge in [-0.05, 0) is 62.5 Å². The highest BCUT2D eigenvalue weighted by Gasteiger charge is 2.55. The molecule has 2 aliphatic heterocycles. The van der Waals surface area contributed by atoms with E-state index in [-0.39, 0.29) is 56.2 Å². The van der Waals surface area contributed by atoms with Crippen LogP contribution in [0.5, 0.6) is 0 Å². The smallest absolute Gasteiger partial charge is 0.464 e. The van der Waals surface area contributed by atoms with E-state index in [1.807, 2.05) is 32.0 Å². The summed E-state index contributed by atoms with van der Waals surface area (Å²) in [7, 11) is -1.85. The van der Waals surface area contributed by atoms with Gasteiger partial charge in [-0.3, -0.25) is 9.69 Å². The molecule has 2 amide bonds. The maximum atomic E-state index is 13.9. The number of ether oxygens (including phenoxy) is 1. The monoisotopic (exact) mass is 600 g/mol. The number of carbonyl (C=O) groups excluding carboxylic acids is 2. The molecule has 0 bridgehead atoms. The first-order valence-corrected chi connectivity index (χ1v) is 14.9. The summed E-state index contributed by atoms with van der Waals surface area (Å²) < 4.78 is 38.7. The average molecular weight is 600 g/mol. The van der Waals surface area contributed by atoms with Crippen molar-refractivity contribution in [1.82, 2.24) is 15.1 Å². The number of nitriles is 1. The number of hydrogen-bond donors (Lipinski definition) is 3. The van der Waals surface area contributed by atoms with E-state index >= 15 is 0 Å². The number of nitrogens with one attached hydrogen (secondary N) is 1. The number of rotatable bonds is 11. The predicted molar refractivity (Wildman–Crippen MR) is 154 cm³/mol. The number of halogens is 2. The molecular formula is C30H39BF2N4O6. The Hall–Kier alpha value is -3.21. The standard InChI is InChI=1S/C30H39BF2N4O6/c1-18(12-29(2,3)36-9-8-30(32,33)17-36)23(13-34)27(38)37-14-19-10-22(19)24(37)16-43-28(39)35-26(31(40)41)11-20-15-42-25-7-5-4-6-21(20)25/h4-7,15,18-19,22-24,26,40-41H,8-12,14,16-17H2,1-3H3,(H,35,39)/t18?,19-,22-,23?,24-,26-/m0/s1. The predicted octanol–water partition coefficient (Wildman–Crippen LogP) is 3.21. The molecule has 10 nitrogen and oxygen atoms in total. The summed E-state index contributed by atoms with van der Waals surface area (Å²) in [6, 6.07) is 9.04. The first kappa shape index (κ1) is 31.2. The first-order valence-electron chi connectivity index (χ1n) is 14.9. The summed E-state index contributed by atoms with van der Waals surface area (Å²) in [6.07, 6.45) is 1.85. The fourth-order valence-corrected chi connectivity index (χ4v) is 6.94. The number of alkyl carbamates (subject to hydrolysis) is 1. The number of nitrogens with zero attached hydrogens (tertiary/aromatic N) is 3. The molecule has 0 spiro atoms. The number of carbonyl (C=O) groups is 2. The number of furan rings is 1. The topological polar surface area (TPSA) is 139 Å². The molecule has 1 aromatic carbocycles. The van der Waals surface area contributed by atoms with E-state index in [9.17, 15) is 33.7 Å². The molecule has 2 aromatic rings. The molecule has 3 heterocycles. The first-order chi connectivity index (χ1) is 20.3. The van der Waals surface area contributed by atoms with Gasteiger partial charge in [0.2, 0.25) is 5.91 Å². The van der Waals surface area contributed by atoms with Gasteiger partial charge in [0.15, 0.2) is 0 Å². The Morgan fingerprint density at radius 3 is 2.74 bits per heavy atom. The van der Waals surface area contributed by atoms with Gasteiger partial charge in [0.1, 0.15) is 18.1 Å². The lowest BCUT2D eigenvalue weighted by Crippen LogP contribution is -2.50. The minimum Gasteiger partial charge on any atom is -0.464 e. The van der Waals surface area contributed by atoms with Crippen molar-refractivity contribution in [1.29, 1.82) is 5.26 Å². The average Bonchev–Trinajstić information content (AvgIpc) is 3.24. The van der Waals surface area contributed by atoms with Crippen molar-refractivity contribution in [3.8, 4) is 6.07 Å². The number of piperidine rings is 1. The zero-order chi connectivity index (χ0) is 31.1. The molecule has 5 rings (SSSR count). The fraction of sp³-hybridized carbons (Fsp3) is 0.633. The molecule has 1 aromatic heterocycles. The van der Waals surface area contributed by atoms with E-state index < -0.39 is 42.6 Å². The lowest BCUT2D eigenvalue weighted by molar-refractivity contribution is -0.138. The quantitative estimate of drug-likeness (QED) is 0.335. The summed E-state index contributed by atoms with van der Waals surface area (Å²) >= 11 is 0. The van der Waals surface area contributed by atoms with Crippen molar-refractivity contribution in [2.24, 2.45) is 23.7 Å². The van der Waals surface area contributed by atoms with Gasteiger partial charge in [-0.15, -0.1) is 0 Å². The highest BCUT2D eigenvalue weighted by Crippen LogP contribution is 2.50. The maximum absolute atomic E-state index is 13.9. The second-order valence-corrected chi connectivity index (χ2v) is 13.1. The number of hydrogen-bond acceptors (Lipinski definition) is 8. The van der Waals surface area contributed by atoms with Crippen LogP contribution >= 0.6 is 0 Å². The van der Waals surface area contributed by atoms with Crippen molar-refractivity contribution in [3.63, 3.8) is 0 Å². The van der Waals surface area contributed by atoms with Crippen LogP contribution < -0.4 is 5.32 Å². The Balaban J connectivity index is 1.18. The van der Waals surface area contributed by atoms with Crippen LogP contribution in [0, 0.1) is 35.0 Å². The number of likely N-dealkylation sites (tertiary alicyclic amines) is 2. The zero-order valence-corrected chi connectivity index (χ0v) is 24.7. The van der Waals surface area contributed by atoms with E-state index in [1.54, 1.807) is 22.8 Å². The van der Waals surface area contributed by atoms with Gasteiger partial charge in [-0.2, -0.15) is 5.26 Å². The van der Waals surface area contributed by atoms with Gasteiger partial charge in [0.05, 0.1) is 30.9 Å². The van der Waals surface area contributed by atoms with Gasteiger partial charge in [0.25, 0.3) is 5.92 Å². The normalized spacial score (nSPS) is 25.1. The van der Waals surface area contributed by atoms with Crippen LogP contribution in [-0.4, -0.2) is 88.7 Å². The number of alkyl halides is 2. The minimum atomic E-state index is -2.73. The highest BCUT2D eigenvalue weighted by molar-refractivity contribution is 6.43. The zero-order valence-electron chi connectivity index (χ0n) is 24.7. The van der Waals surface area contributed by atoms with Crippen LogP contribution in [0.1, 0.15) is 45.6 Å². The second kappa shape index (κ2) is 12.1. The van der Waals surface area contributed by atoms with Crippen molar-refractivity contribution >= 4 is 30.1 Å². The highest BCUT2D eigenvalue weighted by atomic mass is 19.3. The molecule has 1 aliphatic carbocycles. The van der Waals surface area contributed by atoms with Crippen molar-refractivity contribution in [2.75, 3.05) is 26.2 Å². The molecule has 3 aliphatic rings. The Morgan fingerprint density at radius 2 is 2.07 bits per heavy atom. The van der Waals surface area contributed by atoms with Crippen LogP contribution in [0.4, 0.5) is 13.6 Å². The molecule has 2 unspecified atom stereocenters. The SMILES string of the molecule is CC(CC(C)(C)N1CCC(F)(F)C1)C(C#N)C(=O)N1C[C@@H]2C[C@@H]2[C@@H]1COC(=O)N[C@@H](Cc1coc2ccccc12)B(O)O. The van der Waals surface area contributed by atoms with Crippen LogP contribution in [0.2, 0.25) is 0 Å². The van der Waals surface area contributed by atoms with Gasteiger partial charge in [-0.1, -0.05) is 25.1 Å². The fourth-order valence-electron chi connectivity index (χ4n) is 6.94. The summed E-state index contributed by atoms with van der Waals surface area (Å²) in [6.45, 7) is 5.86. The molecule has 43 heavy (non-hydrogen) atoms. The molecule has 3 N–H and O–H groups in total. The Kier molecular flexibility index (Phi) is 8.76. The van der Waals surface area contributed by atoms with E-state index in [2.05, 4.69) is 11.4 Å². The molecule has 3 fully saturated rings. The van der Waals surface area contributed by atoms with Crippen molar-refractivity contribution in [3.05, 3.63) is 36.1 Å². The molecule has 232 valence electrons. The third-order valence-corrected chi connectivity index (χ3v) is 9.46. The van der Waals surface area contributed by atoms with E-state index in [0.717, 1.165) is 11.8 Å². The molecule has 6 atom stereocenters.